The Labute approximate surface area is 159 Å². The highest BCUT2D eigenvalue weighted by Crippen LogP contribution is 2.36. The fourth-order valence-electron chi connectivity index (χ4n) is 3.84. The van der Waals surface area contributed by atoms with Crippen LogP contribution in [0, 0.1) is 6.92 Å². The molecule has 0 unspecified atom stereocenters. The Balaban J connectivity index is 1.72. The molecule has 1 heterocycles. The number of aryl methyl sites for hydroxylation is 1. The van der Waals surface area contributed by atoms with Gasteiger partial charge in [0, 0.05) is 18.7 Å². The molecule has 5 heteroatoms. The van der Waals surface area contributed by atoms with Gasteiger partial charge in [0.25, 0.3) is 0 Å². The van der Waals surface area contributed by atoms with Crippen LogP contribution in [0.5, 0.6) is 5.75 Å². The SMILES string of the molecule is COc1ccc(C)cc1CC(=O)N1CCC(C(=O)O)(c2ccccc2)CC1. The van der Waals surface area contributed by atoms with Crippen LogP contribution in [-0.2, 0) is 21.4 Å². The van der Waals surface area contributed by atoms with Crippen molar-refractivity contribution in [2.75, 3.05) is 20.2 Å². The third-order valence-corrected chi connectivity index (χ3v) is 5.48. The largest absolute Gasteiger partial charge is 0.496 e. The first-order valence-electron chi connectivity index (χ1n) is 9.16. The average Bonchev–Trinajstić information content (AvgIpc) is 2.68. The Morgan fingerprint density at radius 1 is 1.11 bits per heavy atom. The lowest BCUT2D eigenvalue weighted by molar-refractivity contribution is -0.148. The van der Waals surface area contributed by atoms with Gasteiger partial charge in [0.15, 0.2) is 0 Å². The van der Waals surface area contributed by atoms with Crippen LogP contribution in [-0.4, -0.2) is 42.1 Å². The second-order valence-electron chi connectivity index (χ2n) is 7.13. The molecule has 5 nitrogen and oxygen atoms in total. The van der Waals surface area contributed by atoms with Gasteiger partial charge in [0.05, 0.1) is 18.9 Å². The van der Waals surface area contributed by atoms with E-state index >= 15 is 0 Å². The predicted molar refractivity (Wildman–Crippen MR) is 103 cm³/mol. The summed E-state index contributed by atoms with van der Waals surface area (Å²) >= 11 is 0. The second-order valence-corrected chi connectivity index (χ2v) is 7.13. The average molecular weight is 367 g/mol. The molecule has 1 aliphatic rings. The second kappa shape index (κ2) is 7.82. The maximum atomic E-state index is 12.8. The lowest BCUT2D eigenvalue weighted by Gasteiger charge is -2.39. The van der Waals surface area contributed by atoms with E-state index in [9.17, 15) is 14.7 Å². The van der Waals surface area contributed by atoms with E-state index in [4.69, 9.17) is 4.74 Å². The molecule has 0 aromatic heterocycles. The summed E-state index contributed by atoms with van der Waals surface area (Å²) in [5.74, 6) is -0.109. The van der Waals surface area contributed by atoms with E-state index in [0.29, 0.717) is 31.7 Å². The van der Waals surface area contributed by atoms with Crippen molar-refractivity contribution in [2.45, 2.75) is 31.6 Å². The normalized spacial score (nSPS) is 16.0. The Kier molecular flexibility index (Phi) is 5.49. The van der Waals surface area contributed by atoms with Gasteiger partial charge in [-0.15, -0.1) is 0 Å². The molecule has 1 saturated heterocycles. The molecule has 1 N–H and O–H groups in total. The number of rotatable bonds is 5. The molecule has 0 aliphatic carbocycles. The quantitative estimate of drug-likeness (QED) is 0.881. The Morgan fingerprint density at radius 2 is 1.78 bits per heavy atom. The molecule has 3 rings (SSSR count). The topological polar surface area (TPSA) is 66.8 Å². The highest BCUT2D eigenvalue weighted by molar-refractivity contribution is 5.83. The van der Waals surface area contributed by atoms with Crippen LogP contribution in [0.1, 0.15) is 29.5 Å². The minimum Gasteiger partial charge on any atom is -0.496 e. The van der Waals surface area contributed by atoms with Crippen LogP contribution in [0.25, 0.3) is 0 Å². The predicted octanol–water partition coefficient (Wildman–Crippen LogP) is 3.19. The third-order valence-electron chi connectivity index (χ3n) is 5.48. The van der Waals surface area contributed by atoms with Gasteiger partial charge in [-0.1, -0.05) is 48.0 Å². The van der Waals surface area contributed by atoms with Gasteiger partial charge in [0.1, 0.15) is 5.75 Å². The van der Waals surface area contributed by atoms with Gasteiger partial charge in [0.2, 0.25) is 5.91 Å². The number of amides is 1. The summed E-state index contributed by atoms with van der Waals surface area (Å²) in [7, 11) is 1.60. The molecule has 1 aliphatic heterocycles. The zero-order valence-electron chi connectivity index (χ0n) is 15.8. The molecule has 1 amide bonds. The number of nitrogens with zero attached hydrogens (tertiary/aromatic N) is 1. The van der Waals surface area contributed by atoms with Crippen molar-refractivity contribution in [3.05, 3.63) is 65.2 Å². The van der Waals surface area contributed by atoms with Crippen molar-refractivity contribution in [3.8, 4) is 5.75 Å². The summed E-state index contributed by atoms with van der Waals surface area (Å²) in [5, 5.41) is 9.88. The molecular weight excluding hydrogens is 342 g/mol. The molecule has 2 aromatic carbocycles. The van der Waals surface area contributed by atoms with Gasteiger partial charge in [-0.3, -0.25) is 9.59 Å². The fraction of sp³-hybridized carbons (Fsp3) is 0.364. The lowest BCUT2D eigenvalue weighted by Crippen LogP contribution is -2.49. The van der Waals surface area contributed by atoms with Crippen molar-refractivity contribution in [1.82, 2.24) is 4.90 Å². The summed E-state index contributed by atoms with van der Waals surface area (Å²) in [4.78, 5) is 26.6. The van der Waals surface area contributed by atoms with Crippen LogP contribution in [0.2, 0.25) is 0 Å². The molecule has 142 valence electrons. The number of likely N-dealkylation sites (tertiary alicyclic amines) is 1. The number of piperidine rings is 1. The number of carboxylic acids is 1. The summed E-state index contributed by atoms with van der Waals surface area (Å²) < 4.78 is 5.36. The maximum Gasteiger partial charge on any atom is 0.314 e. The van der Waals surface area contributed by atoms with Crippen molar-refractivity contribution in [1.29, 1.82) is 0 Å². The molecule has 0 atom stereocenters. The van der Waals surface area contributed by atoms with Crippen LogP contribution in [0.4, 0.5) is 0 Å². The van der Waals surface area contributed by atoms with Crippen LogP contribution >= 0.6 is 0 Å². The number of hydrogen-bond acceptors (Lipinski definition) is 3. The van der Waals surface area contributed by atoms with Crippen molar-refractivity contribution in [2.24, 2.45) is 0 Å². The molecule has 2 aromatic rings. The van der Waals surface area contributed by atoms with Crippen LogP contribution in [0.15, 0.2) is 48.5 Å². The van der Waals surface area contributed by atoms with Gasteiger partial charge in [-0.25, -0.2) is 0 Å². The molecule has 27 heavy (non-hydrogen) atoms. The van der Waals surface area contributed by atoms with Crippen LogP contribution < -0.4 is 4.74 Å². The van der Waals surface area contributed by atoms with Gasteiger partial charge >= 0.3 is 5.97 Å². The number of carbonyl (C=O) groups excluding carboxylic acids is 1. The van der Waals surface area contributed by atoms with E-state index in [1.165, 1.54) is 0 Å². The molecular formula is C22H25NO4. The van der Waals surface area contributed by atoms with E-state index in [1.54, 1.807) is 12.0 Å². The zero-order chi connectivity index (χ0) is 19.4. The number of carbonyl (C=O) groups is 2. The lowest BCUT2D eigenvalue weighted by atomic mass is 9.73. The van der Waals surface area contributed by atoms with Gasteiger partial charge in [-0.05, 0) is 31.4 Å². The number of ether oxygens (including phenoxy) is 1. The molecule has 0 saturated carbocycles. The van der Waals surface area contributed by atoms with E-state index in [2.05, 4.69) is 0 Å². The standard InChI is InChI=1S/C22H25NO4/c1-16-8-9-19(27-2)17(14-16)15-20(24)23-12-10-22(11-13-23,21(25)26)18-6-4-3-5-7-18/h3-9,14H,10-13,15H2,1-2H3,(H,25,26). The minimum atomic E-state index is -0.918. The Bertz CT molecular complexity index is 823. The summed E-state index contributed by atoms with van der Waals surface area (Å²) in [5.41, 5.74) is 1.83. The van der Waals surface area contributed by atoms with Crippen molar-refractivity contribution < 1.29 is 19.4 Å². The number of carboxylic acid groups (broad SMARTS) is 1. The minimum absolute atomic E-state index is 0.00551. The van der Waals surface area contributed by atoms with Gasteiger partial charge in [-0.2, -0.15) is 0 Å². The third kappa shape index (κ3) is 3.82. The van der Waals surface area contributed by atoms with E-state index in [-0.39, 0.29) is 12.3 Å². The Morgan fingerprint density at radius 3 is 2.37 bits per heavy atom. The molecule has 1 fully saturated rings. The van der Waals surface area contributed by atoms with Gasteiger partial charge < -0.3 is 14.7 Å². The highest BCUT2D eigenvalue weighted by atomic mass is 16.5. The maximum absolute atomic E-state index is 12.8. The molecule has 0 bridgehead atoms. The highest BCUT2D eigenvalue weighted by Gasteiger charge is 2.43. The van der Waals surface area contributed by atoms with Crippen molar-refractivity contribution in [3.63, 3.8) is 0 Å². The first-order chi connectivity index (χ1) is 13.0. The summed E-state index contributed by atoms with van der Waals surface area (Å²) in [6.07, 6.45) is 1.10. The van der Waals surface area contributed by atoms with E-state index in [0.717, 1.165) is 16.7 Å². The fourth-order valence-corrected chi connectivity index (χ4v) is 3.84. The summed E-state index contributed by atoms with van der Waals surface area (Å²) in [6.45, 7) is 2.86. The molecule has 0 spiro atoms. The van der Waals surface area contributed by atoms with E-state index in [1.807, 2.05) is 55.5 Å². The number of hydrogen-bond donors (Lipinski definition) is 1. The number of benzene rings is 2. The smallest absolute Gasteiger partial charge is 0.314 e. The monoisotopic (exact) mass is 367 g/mol. The first kappa shape index (κ1) is 19.0. The first-order valence-corrected chi connectivity index (χ1v) is 9.16. The zero-order valence-corrected chi connectivity index (χ0v) is 15.8. The van der Waals surface area contributed by atoms with Crippen molar-refractivity contribution >= 4 is 11.9 Å². The van der Waals surface area contributed by atoms with E-state index < -0.39 is 11.4 Å². The van der Waals surface area contributed by atoms with Crippen LogP contribution in [0.3, 0.4) is 0 Å². The Hall–Kier alpha value is -2.82. The summed E-state index contributed by atoms with van der Waals surface area (Å²) in [6, 6.07) is 15.1. The number of aliphatic carboxylic acids is 1. The number of methoxy groups -OCH3 is 1. The molecule has 0 radical (unpaired) electrons.